The van der Waals surface area contributed by atoms with Gasteiger partial charge in [0, 0.05) is 18.0 Å². The lowest BCUT2D eigenvalue weighted by Gasteiger charge is -2.08. The summed E-state index contributed by atoms with van der Waals surface area (Å²) in [5, 5.41) is 3.24. The third-order valence-electron chi connectivity index (χ3n) is 2.46. The fraction of sp³-hybridized carbons (Fsp3) is 0.308. The Kier molecular flexibility index (Phi) is 3.65. The van der Waals surface area contributed by atoms with E-state index in [-0.39, 0.29) is 0 Å². The van der Waals surface area contributed by atoms with Gasteiger partial charge >= 0.3 is 0 Å². The van der Waals surface area contributed by atoms with Gasteiger partial charge in [-0.3, -0.25) is 4.98 Å². The Labute approximate surface area is 101 Å². The first-order valence-electron chi connectivity index (χ1n) is 5.71. The van der Waals surface area contributed by atoms with Gasteiger partial charge in [0.2, 0.25) is 0 Å². The third kappa shape index (κ3) is 3.24. The smallest absolute Gasteiger partial charge is 0.129 e. The Morgan fingerprint density at radius 1 is 1.18 bits per heavy atom. The first kappa shape index (κ1) is 11.5. The number of hydrogen-bond acceptors (Lipinski definition) is 4. The lowest BCUT2D eigenvalue weighted by molar-refractivity contribution is 0.813. The molecule has 2 aromatic rings. The van der Waals surface area contributed by atoms with Crippen LogP contribution < -0.4 is 5.32 Å². The Hall–Kier alpha value is -1.97. The van der Waals surface area contributed by atoms with Crippen LogP contribution in [0.1, 0.15) is 31.2 Å². The Bertz CT molecular complexity index is 468. The summed E-state index contributed by atoms with van der Waals surface area (Å²) in [4.78, 5) is 12.7. The molecule has 88 valence electrons. The number of nitrogens with zero attached hydrogens (tertiary/aromatic N) is 3. The van der Waals surface area contributed by atoms with Gasteiger partial charge in [0.1, 0.15) is 12.1 Å². The van der Waals surface area contributed by atoms with Gasteiger partial charge in [-0.2, -0.15) is 0 Å². The summed E-state index contributed by atoms with van der Waals surface area (Å²) in [5.74, 6) is 1.25. The van der Waals surface area contributed by atoms with Gasteiger partial charge in [-0.25, -0.2) is 9.97 Å². The van der Waals surface area contributed by atoms with Gasteiger partial charge in [0.05, 0.1) is 12.2 Å². The molecule has 0 spiro atoms. The van der Waals surface area contributed by atoms with Crippen molar-refractivity contribution in [2.75, 3.05) is 5.32 Å². The molecule has 4 heteroatoms. The standard InChI is InChI=1S/C13H16N4/c1-10(2)12-7-13(17-9-16-12)15-8-11-5-3-4-6-14-11/h3-7,9-10H,8H2,1-2H3,(H,15,16,17). The molecular weight excluding hydrogens is 212 g/mol. The summed E-state index contributed by atoms with van der Waals surface area (Å²) in [7, 11) is 0. The van der Waals surface area contributed by atoms with Gasteiger partial charge in [0.25, 0.3) is 0 Å². The number of rotatable bonds is 4. The van der Waals surface area contributed by atoms with Crippen molar-refractivity contribution in [1.82, 2.24) is 15.0 Å². The van der Waals surface area contributed by atoms with Crippen molar-refractivity contribution in [3.05, 3.63) is 48.2 Å². The highest BCUT2D eigenvalue weighted by atomic mass is 15.0. The van der Waals surface area contributed by atoms with Crippen LogP contribution in [-0.4, -0.2) is 15.0 Å². The average Bonchev–Trinajstić information content (AvgIpc) is 2.38. The zero-order chi connectivity index (χ0) is 12.1. The second-order valence-corrected chi connectivity index (χ2v) is 4.16. The molecule has 0 saturated carbocycles. The number of hydrogen-bond donors (Lipinski definition) is 1. The van der Waals surface area contributed by atoms with E-state index >= 15 is 0 Å². The van der Waals surface area contributed by atoms with E-state index in [4.69, 9.17) is 0 Å². The maximum atomic E-state index is 4.25. The normalized spacial score (nSPS) is 10.5. The van der Waals surface area contributed by atoms with E-state index < -0.39 is 0 Å². The second kappa shape index (κ2) is 5.39. The molecule has 0 atom stereocenters. The molecule has 0 unspecified atom stereocenters. The van der Waals surface area contributed by atoms with Crippen LogP contribution in [0.4, 0.5) is 5.82 Å². The molecule has 2 heterocycles. The van der Waals surface area contributed by atoms with E-state index in [1.165, 1.54) is 0 Å². The first-order valence-corrected chi connectivity index (χ1v) is 5.71. The van der Waals surface area contributed by atoms with Crippen LogP contribution in [0.2, 0.25) is 0 Å². The number of anilines is 1. The van der Waals surface area contributed by atoms with Crippen LogP contribution in [0, 0.1) is 0 Å². The predicted octanol–water partition coefficient (Wildman–Crippen LogP) is 2.61. The maximum absolute atomic E-state index is 4.25. The van der Waals surface area contributed by atoms with Crippen LogP contribution in [0.25, 0.3) is 0 Å². The van der Waals surface area contributed by atoms with Crippen molar-refractivity contribution < 1.29 is 0 Å². The SMILES string of the molecule is CC(C)c1cc(NCc2ccccn2)ncn1. The van der Waals surface area contributed by atoms with Crippen molar-refractivity contribution >= 4 is 5.82 Å². The summed E-state index contributed by atoms with van der Waals surface area (Å²) < 4.78 is 0. The predicted molar refractivity (Wildman–Crippen MR) is 67.7 cm³/mol. The number of nitrogens with one attached hydrogen (secondary N) is 1. The van der Waals surface area contributed by atoms with Crippen LogP contribution in [0.15, 0.2) is 36.8 Å². The van der Waals surface area contributed by atoms with Crippen LogP contribution in [0.5, 0.6) is 0 Å². The molecule has 0 saturated heterocycles. The minimum absolute atomic E-state index is 0.411. The molecule has 0 aliphatic rings. The van der Waals surface area contributed by atoms with Crippen molar-refractivity contribution in [3.63, 3.8) is 0 Å². The minimum atomic E-state index is 0.411. The highest BCUT2D eigenvalue weighted by molar-refractivity contribution is 5.36. The molecule has 0 aliphatic heterocycles. The van der Waals surface area contributed by atoms with Gasteiger partial charge in [-0.05, 0) is 18.1 Å². The quantitative estimate of drug-likeness (QED) is 0.874. The molecule has 1 N–H and O–H groups in total. The molecule has 0 bridgehead atoms. The molecule has 0 aliphatic carbocycles. The lowest BCUT2D eigenvalue weighted by Crippen LogP contribution is -2.04. The Morgan fingerprint density at radius 3 is 2.76 bits per heavy atom. The zero-order valence-electron chi connectivity index (χ0n) is 10.1. The zero-order valence-corrected chi connectivity index (χ0v) is 10.1. The topological polar surface area (TPSA) is 50.7 Å². The van der Waals surface area contributed by atoms with Crippen LogP contribution in [0.3, 0.4) is 0 Å². The average molecular weight is 228 g/mol. The van der Waals surface area contributed by atoms with Gasteiger partial charge in [-0.15, -0.1) is 0 Å². The van der Waals surface area contributed by atoms with Crippen molar-refractivity contribution in [2.45, 2.75) is 26.3 Å². The van der Waals surface area contributed by atoms with E-state index in [1.807, 2.05) is 24.3 Å². The molecule has 0 amide bonds. The fourth-order valence-electron chi connectivity index (χ4n) is 1.47. The van der Waals surface area contributed by atoms with E-state index in [1.54, 1.807) is 12.5 Å². The molecule has 4 nitrogen and oxygen atoms in total. The molecule has 2 aromatic heterocycles. The van der Waals surface area contributed by atoms with Crippen molar-refractivity contribution in [2.24, 2.45) is 0 Å². The van der Waals surface area contributed by atoms with Crippen molar-refractivity contribution in [1.29, 1.82) is 0 Å². The molecule has 0 radical (unpaired) electrons. The van der Waals surface area contributed by atoms with Crippen LogP contribution >= 0.6 is 0 Å². The summed E-state index contributed by atoms with van der Waals surface area (Å²) in [6.45, 7) is 4.91. The fourth-order valence-corrected chi connectivity index (χ4v) is 1.47. The monoisotopic (exact) mass is 228 g/mol. The number of aromatic nitrogens is 3. The largest absolute Gasteiger partial charge is 0.364 e. The first-order chi connectivity index (χ1) is 8.25. The summed E-state index contributed by atoms with van der Waals surface area (Å²) >= 11 is 0. The molecule has 0 aromatic carbocycles. The van der Waals surface area contributed by atoms with Gasteiger partial charge in [0.15, 0.2) is 0 Å². The highest BCUT2D eigenvalue weighted by Crippen LogP contribution is 2.13. The Balaban J connectivity index is 2.02. The summed E-state index contributed by atoms with van der Waals surface area (Å²) in [5.41, 5.74) is 2.04. The molecule has 2 rings (SSSR count). The molecular formula is C13H16N4. The highest BCUT2D eigenvalue weighted by Gasteiger charge is 2.02. The van der Waals surface area contributed by atoms with Gasteiger partial charge < -0.3 is 5.32 Å². The van der Waals surface area contributed by atoms with E-state index in [9.17, 15) is 0 Å². The molecule has 0 fully saturated rings. The maximum Gasteiger partial charge on any atom is 0.129 e. The van der Waals surface area contributed by atoms with Crippen LogP contribution in [-0.2, 0) is 6.54 Å². The lowest BCUT2D eigenvalue weighted by atomic mass is 10.1. The third-order valence-corrected chi connectivity index (χ3v) is 2.46. The number of pyridine rings is 1. The summed E-state index contributed by atoms with van der Waals surface area (Å²) in [6, 6.07) is 7.85. The Morgan fingerprint density at radius 2 is 2.06 bits per heavy atom. The second-order valence-electron chi connectivity index (χ2n) is 4.16. The van der Waals surface area contributed by atoms with E-state index in [0.717, 1.165) is 17.2 Å². The van der Waals surface area contributed by atoms with Gasteiger partial charge in [-0.1, -0.05) is 19.9 Å². The molecule has 17 heavy (non-hydrogen) atoms. The minimum Gasteiger partial charge on any atom is -0.364 e. The van der Waals surface area contributed by atoms with Crippen molar-refractivity contribution in [3.8, 4) is 0 Å². The van der Waals surface area contributed by atoms with E-state index in [2.05, 4.69) is 34.1 Å². The van der Waals surface area contributed by atoms with E-state index in [0.29, 0.717) is 12.5 Å². The summed E-state index contributed by atoms with van der Waals surface area (Å²) in [6.07, 6.45) is 3.38.